The average molecular weight is 360 g/mol. The largest absolute Gasteiger partial charge is 0.338 e. The van der Waals surface area contributed by atoms with Crippen LogP contribution in [0.1, 0.15) is 28.8 Å². The Kier molecular flexibility index (Phi) is 4.77. The van der Waals surface area contributed by atoms with E-state index in [0.29, 0.717) is 11.8 Å². The first-order chi connectivity index (χ1) is 9.08. The average Bonchev–Trinajstić information content (AvgIpc) is 2.95. The number of carbonyl (C=O) groups is 1. The first kappa shape index (κ1) is 15.8. The van der Waals surface area contributed by atoms with E-state index >= 15 is 0 Å². The summed E-state index contributed by atoms with van der Waals surface area (Å²) in [5.41, 5.74) is 7.96. The minimum absolute atomic E-state index is 0. The van der Waals surface area contributed by atoms with Gasteiger partial charge in [-0.15, -0.1) is 12.4 Å². The molecule has 110 valence electrons. The number of carbonyl (C=O) groups excluding carboxylic acids is 1. The van der Waals surface area contributed by atoms with Gasteiger partial charge < -0.3 is 10.6 Å². The van der Waals surface area contributed by atoms with Gasteiger partial charge in [0.15, 0.2) is 0 Å². The van der Waals surface area contributed by atoms with E-state index in [-0.39, 0.29) is 24.4 Å². The molecule has 3 unspecified atom stereocenters. The third-order valence-electron chi connectivity index (χ3n) is 4.70. The van der Waals surface area contributed by atoms with Crippen molar-refractivity contribution in [1.29, 1.82) is 0 Å². The lowest BCUT2D eigenvalue weighted by Crippen LogP contribution is -2.33. The molecule has 0 spiro atoms. The number of nitrogens with zero attached hydrogens (tertiary/aromatic N) is 1. The molecular weight excluding hydrogens is 340 g/mol. The third-order valence-corrected chi connectivity index (χ3v) is 5.56. The van der Waals surface area contributed by atoms with Crippen molar-refractivity contribution in [3.8, 4) is 0 Å². The summed E-state index contributed by atoms with van der Waals surface area (Å²) in [7, 11) is 0. The summed E-state index contributed by atoms with van der Waals surface area (Å²) in [5.74, 6) is 1.28. The van der Waals surface area contributed by atoms with Crippen molar-refractivity contribution in [3.63, 3.8) is 0 Å². The number of hydrogen-bond donors (Lipinski definition) is 1. The minimum atomic E-state index is 0. The van der Waals surface area contributed by atoms with Gasteiger partial charge in [-0.05, 0) is 49.3 Å². The Bertz CT molecular complexity index is 523. The number of likely N-dealkylation sites (tertiary alicyclic amines) is 1. The molecule has 1 saturated carbocycles. The van der Waals surface area contributed by atoms with Crippen molar-refractivity contribution in [3.05, 3.63) is 33.8 Å². The summed E-state index contributed by atoms with van der Waals surface area (Å²) in [6, 6.07) is 6.09. The second-order valence-corrected chi connectivity index (χ2v) is 6.64. The van der Waals surface area contributed by atoms with Crippen LogP contribution in [0.2, 0.25) is 0 Å². The van der Waals surface area contributed by atoms with Crippen molar-refractivity contribution in [1.82, 2.24) is 4.90 Å². The van der Waals surface area contributed by atoms with Gasteiger partial charge >= 0.3 is 0 Å². The highest BCUT2D eigenvalue weighted by Crippen LogP contribution is 2.37. The second-order valence-electron chi connectivity index (χ2n) is 5.79. The molecule has 20 heavy (non-hydrogen) atoms. The molecule has 0 radical (unpaired) electrons. The molecule has 2 aliphatic rings. The molecule has 3 nitrogen and oxygen atoms in total. The molecule has 1 aromatic rings. The van der Waals surface area contributed by atoms with Gasteiger partial charge in [0, 0.05) is 29.2 Å². The van der Waals surface area contributed by atoms with Crippen LogP contribution in [0.3, 0.4) is 0 Å². The van der Waals surface area contributed by atoms with Crippen LogP contribution >= 0.6 is 28.3 Å². The van der Waals surface area contributed by atoms with Crippen molar-refractivity contribution in [2.75, 3.05) is 13.1 Å². The van der Waals surface area contributed by atoms with Crippen LogP contribution in [0.5, 0.6) is 0 Å². The molecule has 0 bridgehead atoms. The Morgan fingerprint density at radius 2 is 2.10 bits per heavy atom. The first-order valence-electron chi connectivity index (χ1n) is 6.88. The fourth-order valence-corrected chi connectivity index (χ4v) is 3.85. The Labute approximate surface area is 134 Å². The lowest BCUT2D eigenvalue weighted by Gasteiger charge is -2.20. The van der Waals surface area contributed by atoms with Gasteiger partial charge in [0.1, 0.15) is 0 Å². The van der Waals surface area contributed by atoms with E-state index < -0.39 is 0 Å². The van der Waals surface area contributed by atoms with Crippen molar-refractivity contribution < 1.29 is 4.79 Å². The van der Waals surface area contributed by atoms with Gasteiger partial charge in [0.2, 0.25) is 0 Å². The summed E-state index contributed by atoms with van der Waals surface area (Å²) in [4.78, 5) is 14.6. The number of nitrogens with two attached hydrogens (primary N) is 1. The summed E-state index contributed by atoms with van der Waals surface area (Å²) >= 11 is 3.49. The highest BCUT2D eigenvalue weighted by Gasteiger charge is 2.42. The monoisotopic (exact) mass is 358 g/mol. The molecule has 2 N–H and O–H groups in total. The Hall–Kier alpha value is -0.580. The molecular formula is C15H20BrClN2O. The maximum absolute atomic E-state index is 12.6. The van der Waals surface area contributed by atoms with E-state index in [1.165, 1.54) is 6.42 Å². The Balaban J connectivity index is 0.00000147. The molecule has 3 atom stereocenters. The lowest BCUT2D eigenvalue weighted by molar-refractivity contribution is 0.0779. The fourth-order valence-electron chi connectivity index (χ4n) is 3.48. The molecule has 1 aliphatic carbocycles. The van der Waals surface area contributed by atoms with Crippen LogP contribution in [0.4, 0.5) is 0 Å². The number of rotatable bonds is 1. The number of benzene rings is 1. The minimum Gasteiger partial charge on any atom is -0.338 e. The van der Waals surface area contributed by atoms with Crippen molar-refractivity contribution in [2.45, 2.75) is 25.8 Å². The van der Waals surface area contributed by atoms with Crippen LogP contribution in [0.15, 0.2) is 22.7 Å². The predicted octanol–water partition coefficient (Wildman–Crippen LogP) is 2.99. The number of hydrogen-bond acceptors (Lipinski definition) is 2. The van der Waals surface area contributed by atoms with Gasteiger partial charge in [-0.1, -0.05) is 22.0 Å². The molecule has 1 aliphatic heterocycles. The smallest absolute Gasteiger partial charge is 0.254 e. The third kappa shape index (κ3) is 2.61. The van der Waals surface area contributed by atoms with Gasteiger partial charge in [-0.2, -0.15) is 0 Å². The van der Waals surface area contributed by atoms with Gasteiger partial charge in [0.25, 0.3) is 5.91 Å². The highest BCUT2D eigenvalue weighted by molar-refractivity contribution is 9.10. The maximum atomic E-state index is 12.6. The lowest BCUT2D eigenvalue weighted by atomic mass is 9.98. The van der Waals surface area contributed by atoms with Gasteiger partial charge in [-0.25, -0.2) is 0 Å². The quantitative estimate of drug-likeness (QED) is 0.838. The summed E-state index contributed by atoms with van der Waals surface area (Å²) in [6.07, 6.45) is 2.29. The van der Waals surface area contributed by atoms with Crippen molar-refractivity contribution >= 4 is 34.2 Å². The summed E-state index contributed by atoms with van der Waals surface area (Å²) < 4.78 is 0.995. The zero-order valence-corrected chi connectivity index (χ0v) is 13.9. The van der Waals surface area contributed by atoms with Crippen LogP contribution in [-0.4, -0.2) is 29.9 Å². The van der Waals surface area contributed by atoms with Crippen molar-refractivity contribution in [2.24, 2.45) is 17.6 Å². The zero-order valence-electron chi connectivity index (χ0n) is 11.5. The number of fused-ring (bicyclic) bond motifs is 1. The normalized spacial score (nSPS) is 28.1. The fraction of sp³-hybridized carbons (Fsp3) is 0.533. The van der Waals surface area contributed by atoms with Crippen LogP contribution < -0.4 is 5.73 Å². The summed E-state index contributed by atoms with van der Waals surface area (Å²) in [5, 5.41) is 0. The molecule has 0 aromatic heterocycles. The molecule has 1 amide bonds. The predicted molar refractivity (Wildman–Crippen MR) is 86.2 cm³/mol. The first-order valence-corrected chi connectivity index (χ1v) is 7.67. The number of amides is 1. The van der Waals surface area contributed by atoms with E-state index in [1.807, 2.05) is 30.0 Å². The standard InChI is InChI=1S/C15H19BrN2O.ClH/c1-9-11(3-2-4-13(9)16)15(19)18-7-10-5-6-14(17)12(10)8-18;/h2-4,10,12,14H,5-8,17H2,1H3;1H. The van der Waals surface area contributed by atoms with Crippen LogP contribution in [0.25, 0.3) is 0 Å². The zero-order chi connectivity index (χ0) is 13.6. The topological polar surface area (TPSA) is 46.3 Å². The Morgan fingerprint density at radius 3 is 2.80 bits per heavy atom. The molecule has 3 rings (SSSR count). The van der Waals surface area contributed by atoms with E-state index in [1.54, 1.807) is 0 Å². The second kappa shape index (κ2) is 6.04. The Morgan fingerprint density at radius 1 is 1.35 bits per heavy atom. The highest BCUT2D eigenvalue weighted by atomic mass is 79.9. The van der Waals surface area contributed by atoms with E-state index in [9.17, 15) is 4.79 Å². The van der Waals surface area contributed by atoms with E-state index in [4.69, 9.17) is 5.73 Å². The maximum Gasteiger partial charge on any atom is 0.254 e. The van der Waals surface area contributed by atoms with E-state index in [0.717, 1.165) is 35.1 Å². The van der Waals surface area contributed by atoms with Crippen LogP contribution in [0, 0.1) is 18.8 Å². The van der Waals surface area contributed by atoms with E-state index in [2.05, 4.69) is 15.9 Å². The molecule has 5 heteroatoms. The van der Waals surface area contributed by atoms with Gasteiger partial charge in [-0.3, -0.25) is 4.79 Å². The van der Waals surface area contributed by atoms with Gasteiger partial charge in [0.05, 0.1) is 0 Å². The molecule has 1 heterocycles. The molecule has 1 aromatic carbocycles. The van der Waals surface area contributed by atoms with Crippen LogP contribution in [-0.2, 0) is 0 Å². The SMILES string of the molecule is Cc1c(Br)cccc1C(=O)N1CC2CCC(N)C2C1.Cl. The summed E-state index contributed by atoms with van der Waals surface area (Å²) in [6.45, 7) is 3.69. The molecule has 1 saturated heterocycles. The number of halogens is 2. The molecule has 2 fully saturated rings.